The first-order valence-corrected chi connectivity index (χ1v) is 8.79. The van der Waals surface area contributed by atoms with Gasteiger partial charge >= 0.3 is 0 Å². The van der Waals surface area contributed by atoms with Crippen LogP contribution in [0, 0.1) is 11.6 Å². The van der Waals surface area contributed by atoms with Gasteiger partial charge in [0.2, 0.25) is 11.8 Å². The molecule has 27 heavy (non-hydrogen) atoms. The fourth-order valence-corrected chi connectivity index (χ4v) is 3.08. The minimum atomic E-state index is -0.676. The maximum atomic E-state index is 13.3. The second kappa shape index (κ2) is 8.73. The first-order chi connectivity index (χ1) is 13.0. The Morgan fingerprint density at radius 3 is 2.52 bits per heavy atom. The molecule has 142 valence electrons. The van der Waals surface area contributed by atoms with Gasteiger partial charge in [0.25, 0.3) is 0 Å². The van der Waals surface area contributed by atoms with Gasteiger partial charge in [-0.1, -0.05) is 30.3 Å². The quantitative estimate of drug-likeness (QED) is 0.814. The molecule has 0 aliphatic carbocycles. The van der Waals surface area contributed by atoms with Crippen molar-refractivity contribution < 1.29 is 18.4 Å². The van der Waals surface area contributed by atoms with Crippen LogP contribution in [0.3, 0.4) is 0 Å². The number of rotatable bonds is 6. The fraction of sp³-hybridized carbons (Fsp3) is 0.300. The van der Waals surface area contributed by atoms with Gasteiger partial charge in [0.15, 0.2) is 0 Å². The van der Waals surface area contributed by atoms with Crippen molar-refractivity contribution in [1.29, 1.82) is 0 Å². The molecule has 0 aromatic heterocycles. The monoisotopic (exact) mass is 373 g/mol. The van der Waals surface area contributed by atoms with Crippen LogP contribution < -0.4 is 10.6 Å². The molecule has 3 rings (SSSR count). The van der Waals surface area contributed by atoms with Crippen LogP contribution >= 0.6 is 0 Å². The van der Waals surface area contributed by atoms with Crippen molar-refractivity contribution in [2.24, 2.45) is 0 Å². The smallest absolute Gasteiger partial charge is 0.240 e. The standard InChI is InChI=1S/C20H21F2N3O2/c21-16-8-15(9-17(22)10-16)13-25-7-6-23-18(20(25)27)11-19(26)24-12-14-4-2-1-3-5-14/h1-5,8-10,18,23H,6-7,11-13H2,(H,24,26). The molecule has 1 heterocycles. The zero-order chi connectivity index (χ0) is 19.2. The summed E-state index contributed by atoms with van der Waals surface area (Å²) in [5, 5.41) is 5.83. The zero-order valence-electron chi connectivity index (χ0n) is 14.8. The molecule has 0 spiro atoms. The van der Waals surface area contributed by atoms with E-state index in [9.17, 15) is 18.4 Å². The molecule has 2 N–H and O–H groups in total. The van der Waals surface area contributed by atoms with E-state index in [-0.39, 0.29) is 24.8 Å². The summed E-state index contributed by atoms with van der Waals surface area (Å²) in [6.07, 6.45) is 0.0136. The molecule has 0 bridgehead atoms. The van der Waals surface area contributed by atoms with E-state index in [1.54, 1.807) is 0 Å². The second-order valence-electron chi connectivity index (χ2n) is 6.51. The van der Waals surface area contributed by atoms with E-state index < -0.39 is 17.7 Å². The van der Waals surface area contributed by atoms with Crippen LogP contribution in [0.1, 0.15) is 17.5 Å². The average molecular weight is 373 g/mol. The SMILES string of the molecule is O=C(CC1NCCN(Cc2cc(F)cc(F)c2)C1=O)NCc1ccccc1. The third-order valence-corrected chi connectivity index (χ3v) is 4.40. The van der Waals surface area contributed by atoms with Crippen molar-refractivity contribution in [3.8, 4) is 0 Å². The minimum Gasteiger partial charge on any atom is -0.352 e. The van der Waals surface area contributed by atoms with Gasteiger partial charge in [-0.05, 0) is 23.3 Å². The molecular formula is C20H21F2N3O2. The summed E-state index contributed by atoms with van der Waals surface area (Å²) in [7, 11) is 0. The van der Waals surface area contributed by atoms with E-state index in [2.05, 4.69) is 10.6 Å². The Bertz CT molecular complexity index is 794. The van der Waals surface area contributed by atoms with Crippen molar-refractivity contribution in [3.05, 3.63) is 71.3 Å². The molecule has 2 aromatic carbocycles. The van der Waals surface area contributed by atoms with E-state index in [4.69, 9.17) is 0 Å². The Morgan fingerprint density at radius 1 is 1.11 bits per heavy atom. The molecule has 0 saturated carbocycles. The predicted molar refractivity (Wildman–Crippen MR) is 96.5 cm³/mol. The van der Waals surface area contributed by atoms with Crippen molar-refractivity contribution in [3.63, 3.8) is 0 Å². The maximum absolute atomic E-state index is 13.3. The lowest BCUT2D eigenvalue weighted by Crippen LogP contribution is -2.55. The van der Waals surface area contributed by atoms with Gasteiger partial charge < -0.3 is 15.5 Å². The van der Waals surface area contributed by atoms with Crippen molar-refractivity contribution in [2.75, 3.05) is 13.1 Å². The lowest BCUT2D eigenvalue weighted by Gasteiger charge is -2.33. The van der Waals surface area contributed by atoms with Gasteiger partial charge in [-0.2, -0.15) is 0 Å². The average Bonchev–Trinajstić information content (AvgIpc) is 2.63. The highest BCUT2D eigenvalue weighted by molar-refractivity contribution is 5.88. The molecule has 1 fully saturated rings. The first-order valence-electron chi connectivity index (χ1n) is 8.79. The van der Waals surface area contributed by atoms with Crippen LogP contribution in [0.2, 0.25) is 0 Å². The highest BCUT2D eigenvalue weighted by Gasteiger charge is 2.30. The third kappa shape index (κ3) is 5.34. The summed E-state index contributed by atoms with van der Waals surface area (Å²) in [4.78, 5) is 26.3. The fourth-order valence-electron chi connectivity index (χ4n) is 3.08. The molecule has 0 radical (unpaired) electrons. The largest absolute Gasteiger partial charge is 0.352 e. The van der Waals surface area contributed by atoms with Crippen LogP contribution in [0.25, 0.3) is 0 Å². The molecule has 2 aromatic rings. The van der Waals surface area contributed by atoms with Crippen molar-refractivity contribution in [2.45, 2.75) is 25.6 Å². The number of nitrogens with zero attached hydrogens (tertiary/aromatic N) is 1. The highest BCUT2D eigenvalue weighted by atomic mass is 19.1. The Balaban J connectivity index is 1.55. The Kier molecular flexibility index (Phi) is 6.13. The normalized spacial score (nSPS) is 17.0. The van der Waals surface area contributed by atoms with Crippen molar-refractivity contribution in [1.82, 2.24) is 15.5 Å². The summed E-state index contributed by atoms with van der Waals surface area (Å²) in [5.74, 6) is -1.84. The zero-order valence-corrected chi connectivity index (χ0v) is 14.8. The van der Waals surface area contributed by atoms with Gasteiger partial charge in [-0.15, -0.1) is 0 Å². The topological polar surface area (TPSA) is 61.4 Å². The summed E-state index contributed by atoms with van der Waals surface area (Å²) in [5.41, 5.74) is 1.36. The maximum Gasteiger partial charge on any atom is 0.240 e. The van der Waals surface area contributed by atoms with Gasteiger partial charge in [0.05, 0.1) is 12.5 Å². The number of hydrogen-bond donors (Lipinski definition) is 2. The van der Waals surface area contributed by atoms with Crippen LogP contribution in [-0.4, -0.2) is 35.8 Å². The van der Waals surface area contributed by atoms with E-state index in [1.165, 1.54) is 17.0 Å². The molecule has 1 aliphatic rings. The number of benzene rings is 2. The molecule has 1 atom stereocenters. The van der Waals surface area contributed by atoms with Gasteiger partial charge in [-0.25, -0.2) is 8.78 Å². The predicted octanol–water partition coefficient (Wildman–Crippen LogP) is 1.97. The first kappa shape index (κ1) is 19.0. The second-order valence-corrected chi connectivity index (χ2v) is 6.51. The van der Waals surface area contributed by atoms with Gasteiger partial charge in [0, 0.05) is 32.2 Å². The minimum absolute atomic E-state index is 0.0136. The number of hydrogen-bond acceptors (Lipinski definition) is 3. The van der Waals surface area contributed by atoms with E-state index >= 15 is 0 Å². The lowest BCUT2D eigenvalue weighted by atomic mass is 10.1. The number of carbonyl (C=O) groups is 2. The van der Waals surface area contributed by atoms with Crippen molar-refractivity contribution >= 4 is 11.8 Å². The summed E-state index contributed by atoms with van der Waals surface area (Å²) >= 11 is 0. The Hall–Kier alpha value is -2.80. The number of piperazine rings is 1. The van der Waals surface area contributed by atoms with Crippen LogP contribution in [-0.2, 0) is 22.7 Å². The third-order valence-electron chi connectivity index (χ3n) is 4.40. The lowest BCUT2D eigenvalue weighted by molar-refractivity contribution is -0.138. The Labute approximate surface area is 156 Å². The van der Waals surface area contributed by atoms with Crippen LogP contribution in [0.15, 0.2) is 48.5 Å². The van der Waals surface area contributed by atoms with Crippen LogP contribution in [0.4, 0.5) is 8.78 Å². The number of amides is 2. The number of halogens is 2. The molecule has 7 heteroatoms. The van der Waals surface area contributed by atoms with Crippen LogP contribution in [0.5, 0.6) is 0 Å². The number of nitrogens with one attached hydrogen (secondary N) is 2. The van der Waals surface area contributed by atoms with Gasteiger partial charge in [-0.3, -0.25) is 9.59 Å². The summed E-state index contributed by atoms with van der Waals surface area (Å²) < 4.78 is 26.7. The molecule has 1 unspecified atom stereocenters. The van der Waals surface area contributed by atoms with Gasteiger partial charge in [0.1, 0.15) is 11.6 Å². The molecule has 1 aliphatic heterocycles. The summed E-state index contributed by atoms with van der Waals surface area (Å²) in [6, 6.07) is 12.1. The number of carbonyl (C=O) groups excluding carboxylic acids is 2. The molecule has 1 saturated heterocycles. The van der Waals surface area contributed by atoms with E-state index in [0.717, 1.165) is 11.6 Å². The molecular weight excluding hydrogens is 352 g/mol. The highest BCUT2D eigenvalue weighted by Crippen LogP contribution is 2.14. The molecule has 5 nitrogen and oxygen atoms in total. The van der Waals surface area contributed by atoms with E-state index in [0.29, 0.717) is 25.2 Å². The Morgan fingerprint density at radius 2 is 1.81 bits per heavy atom. The summed E-state index contributed by atoms with van der Waals surface area (Å²) in [6.45, 7) is 1.43. The molecule has 2 amide bonds. The van der Waals surface area contributed by atoms with E-state index in [1.807, 2.05) is 30.3 Å².